The molecule has 0 N–H and O–H groups in total. The van der Waals surface area contributed by atoms with Crippen molar-refractivity contribution in [2.75, 3.05) is 0 Å². The third-order valence-electron chi connectivity index (χ3n) is 3.28. The molecule has 0 spiro atoms. The third kappa shape index (κ3) is 1.99. The summed E-state index contributed by atoms with van der Waals surface area (Å²) in [7, 11) is 1.84. The van der Waals surface area contributed by atoms with Crippen LogP contribution in [0.5, 0.6) is 0 Å². The highest BCUT2D eigenvalue weighted by atomic mass is 16.2. The Morgan fingerprint density at radius 3 is 2.61 bits per heavy atom. The van der Waals surface area contributed by atoms with E-state index in [0.717, 1.165) is 5.56 Å². The average molecular weight is 246 g/mol. The minimum atomic E-state index is -0.291. The second kappa shape index (κ2) is 4.13. The molecular formula is C13H18N4O. The molecule has 0 bridgehead atoms. The number of aromatic nitrogens is 2. The minimum absolute atomic E-state index is 0.0444. The summed E-state index contributed by atoms with van der Waals surface area (Å²) in [5.41, 5.74) is 0.647. The summed E-state index contributed by atoms with van der Waals surface area (Å²) in [6, 6.07) is 2.07. The fourth-order valence-corrected chi connectivity index (χ4v) is 2.62. The van der Waals surface area contributed by atoms with E-state index in [1.165, 1.54) is 0 Å². The summed E-state index contributed by atoms with van der Waals surface area (Å²) < 4.78 is 1.70. The Labute approximate surface area is 107 Å². The van der Waals surface area contributed by atoms with Crippen LogP contribution in [0.25, 0.3) is 0 Å². The molecule has 0 saturated carbocycles. The molecule has 1 aromatic heterocycles. The summed E-state index contributed by atoms with van der Waals surface area (Å²) in [6.07, 6.45) is 3.92. The van der Waals surface area contributed by atoms with Crippen LogP contribution in [0.1, 0.15) is 38.8 Å². The van der Waals surface area contributed by atoms with Gasteiger partial charge in [0.25, 0.3) is 0 Å². The Morgan fingerprint density at radius 2 is 2.17 bits per heavy atom. The number of carbonyl (C=O) groups excluding carboxylic acids is 1. The molecule has 1 amide bonds. The van der Waals surface area contributed by atoms with Crippen LogP contribution in [0.4, 0.5) is 0 Å². The smallest absolute Gasteiger partial charge is 0.224 e. The summed E-state index contributed by atoms with van der Waals surface area (Å²) in [4.78, 5) is 13.9. The van der Waals surface area contributed by atoms with E-state index in [1.54, 1.807) is 10.9 Å². The summed E-state index contributed by atoms with van der Waals surface area (Å²) >= 11 is 0. The van der Waals surface area contributed by atoms with Crippen LogP contribution in [0, 0.1) is 17.2 Å². The van der Waals surface area contributed by atoms with Crippen molar-refractivity contribution in [3.05, 3.63) is 18.0 Å². The van der Waals surface area contributed by atoms with E-state index in [1.807, 2.05) is 38.9 Å². The molecule has 0 unspecified atom stereocenters. The normalized spacial score (nSPS) is 24.4. The maximum atomic E-state index is 12.1. The average Bonchev–Trinajstić information content (AvgIpc) is 2.80. The predicted molar refractivity (Wildman–Crippen MR) is 66.3 cm³/mol. The van der Waals surface area contributed by atoms with Crippen LogP contribution < -0.4 is 0 Å². The molecule has 5 nitrogen and oxygen atoms in total. The van der Waals surface area contributed by atoms with E-state index in [4.69, 9.17) is 0 Å². The zero-order valence-corrected chi connectivity index (χ0v) is 11.2. The van der Waals surface area contributed by atoms with Crippen molar-refractivity contribution < 1.29 is 4.79 Å². The lowest BCUT2D eigenvalue weighted by Gasteiger charge is -2.37. The van der Waals surface area contributed by atoms with Crippen molar-refractivity contribution in [1.29, 1.82) is 5.26 Å². The molecule has 1 fully saturated rings. The molecule has 1 saturated heterocycles. The van der Waals surface area contributed by atoms with Crippen LogP contribution >= 0.6 is 0 Å². The van der Waals surface area contributed by atoms with Crippen molar-refractivity contribution in [3.8, 4) is 6.07 Å². The van der Waals surface area contributed by atoms with E-state index < -0.39 is 0 Å². The Morgan fingerprint density at radius 1 is 1.50 bits per heavy atom. The van der Waals surface area contributed by atoms with Gasteiger partial charge in [-0.05, 0) is 20.8 Å². The Hall–Kier alpha value is -1.83. The Kier molecular flexibility index (Phi) is 2.89. The monoisotopic (exact) mass is 246 g/mol. The van der Waals surface area contributed by atoms with Gasteiger partial charge in [-0.1, -0.05) is 0 Å². The molecule has 1 aliphatic rings. The zero-order valence-electron chi connectivity index (χ0n) is 11.2. The lowest BCUT2D eigenvalue weighted by Crippen LogP contribution is -2.44. The fourth-order valence-electron chi connectivity index (χ4n) is 2.62. The first kappa shape index (κ1) is 12.6. The number of carbonyl (C=O) groups is 1. The van der Waals surface area contributed by atoms with Crippen LogP contribution in [0.15, 0.2) is 12.4 Å². The van der Waals surface area contributed by atoms with Crippen molar-refractivity contribution in [1.82, 2.24) is 14.7 Å². The van der Waals surface area contributed by atoms with E-state index in [-0.39, 0.29) is 23.4 Å². The van der Waals surface area contributed by atoms with Crippen molar-refractivity contribution in [2.45, 2.75) is 38.8 Å². The first-order valence-corrected chi connectivity index (χ1v) is 6.05. The lowest BCUT2D eigenvalue weighted by atomic mass is 9.95. The molecular weight excluding hydrogens is 228 g/mol. The number of likely N-dealkylation sites (tertiary alicyclic amines) is 1. The predicted octanol–water partition coefficient (Wildman–Crippen LogP) is 1.63. The number of hydrogen-bond donors (Lipinski definition) is 0. The minimum Gasteiger partial charge on any atom is -0.329 e. The van der Waals surface area contributed by atoms with Gasteiger partial charge >= 0.3 is 0 Å². The van der Waals surface area contributed by atoms with Crippen molar-refractivity contribution in [2.24, 2.45) is 13.0 Å². The van der Waals surface area contributed by atoms with Gasteiger partial charge in [-0.15, -0.1) is 0 Å². The molecule has 0 aliphatic carbocycles. The first-order valence-electron chi connectivity index (χ1n) is 6.05. The number of aryl methyl sites for hydroxylation is 1. The van der Waals surface area contributed by atoms with E-state index in [0.29, 0.717) is 6.42 Å². The van der Waals surface area contributed by atoms with Gasteiger partial charge in [0.1, 0.15) is 0 Å². The van der Waals surface area contributed by atoms with Gasteiger partial charge in [-0.25, -0.2) is 0 Å². The standard InChI is InChI=1S/C13H18N4O/c1-13(2,3)17-11(18)5-9(6-14)12(17)10-7-15-16(4)8-10/h7-9,12H,5H2,1-4H3/t9-,12-/m1/s1. The SMILES string of the molecule is Cn1cc([C@H]2[C@@H](C#N)CC(=O)N2C(C)(C)C)cn1. The quantitative estimate of drug-likeness (QED) is 0.756. The van der Waals surface area contributed by atoms with E-state index in [9.17, 15) is 10.1 Å². The molecule has 96 valence electrons. The van der Waals surface area contributed by atoms with E-state index >= 15 is 0 Å². The van der Waals surface area contributed by atoms with Crippen LogP contribution in [-0.2, 0) is 11.8 Å². The second-order valence-electron chi connectivity index (χ2n) is 5.77. The molecule has 2 rings (SSSR count). The van der Waals surface area contributed by atoms with Gasteiger partial charge in [0.15, 0.2) is 0 Å². The molecule has 2 heterocycles. The highest BCUT2D eigenvalue weighted by Crippen LogP contribution is 2.41. The van der Waals surface area contributed by atoms with Crippen molar-refractivity contribution >= 4 is 5.91 Å². The number of hydrogen-bond acceptors (Lipinski definition) is 3. The van der Waals surface area contributed by atoms with E-state index in [2.05, 4.69) is 11.2 Å². The molecule has 0 aromatic carbocycles. The second-order valence-corrected chi connectivity index (χ2v) is 5.77. The van der Waals surface area contributed by atoms with Gasteiger partial charge in [0, 0.05) is 30.8 Å². The number of amides is 1. The summed E-state index contributed by atoms with van der Waals surface area (Å²) in [5.74, 6) is -0.246. The molecule has 18 heavy (non-hydrogen) atoms. The van der Waals surface area contributed by atoms with Crippen molar-refractivity contribution in [3.63, 3.8) is 0 Å². The molecule has 2 atom stereocenters. The van der Waals surface area contributed by atoms with Gasteiger partial charge in [0.2, 0.25) is 5.91 Å². The maximum absolute atomic E-state index is 12.1. The maximum Gasteiger partial charge on any atom is 0.224 e. The number of nitrogens with zero attached hydrogens (tertiary/aromatic N) is 4. The number of rotatable bonds is 1. The van der Waals surface area contributed by atoms with Crippen LogP contribution in [-0.4, -0.2) is 26.1 Å². The van der Waals surface area contributed by atoms with Gasteiger partial charge in [0.05, 0.1) is 24.2 Å². The van der Waals surface area contributed by atoms with Gasteiger partial charge < -0.3 is 4.90 Å². The van der Waals surface area contributed by atoms with Gasteiger partial charge in [-0.2, -0.15) is 10.4 Å². The van der Waals surface area contributed by atoms with Gasteiger partial charge in [-0.3, -0.25) is 9.48 Å². The fraction of sp³-hybridized carbons (Fsp3) is 0.615. The first-order chi connectivity index (χ1) is 8.34. The molecule has 1 aromatic rings. The topological polar surface area (TPSA) is 61.9 Å². The molecule has 0 radical (unpaired) electrons. The zero-order chi connectivity index (χ0) is 13.5. The number of nitriles is 1. The highest BCUT2D eigenvalue weighted by Gasteiger charge is 2.46. The molecule has 1 aliphatic heterocycles. The summed E-state index contributed by atoms with van der Waals surface area (Å²) in [6.45, 7) is 5.98. The lowest BCUT2D eigenvalue weighted by molar-refractivity contribution is -0.133. The molecule has 5 heteroatoms. The van der Waals surface area contributed by atoms with Crippen LogP contribution in [0.3, 0.4) is 0 Å². The largest absolute Gasteiger partial charge is 0.329 e. The third-order valence-corrected chi connectivity index (χ3v) is 3.28. The Balaban J connectivity index is 2.45. The Bertz CT molecular complexity index is 506. The summed E-state index contributed by atoms with van der Waals surface area (Å²) in [5, 5.41) is 13.4. The van der Waals surface area contributed by atoms with Crippen LogP contribution in [0.2, 0.25) is 0 Å². The highest BCUT2D eigenvalue weighted by molar-refractivity contribution is 5.81.